The number of amides is 1. The van der Waals surface area contributed by atoms with E-state index in [2.05, 4.69) is 0 Å². The van der Waals surface area contributed by atoms with Gasteiger partial charge in [-0.15, -0.1) is 23.2 Å². The molecule has 2 unspecified atom stereocenters. The molecule has 2 fully saturated rings. The highest BCUT2D eigenvalue weighted by atomic mass is 35.5. The molecule has 20 heavy (non-hydrogen) atoms. The maximum absolute atomic E-state index is 12.7. The molecule has 0 radical (unpaired) electrons. The highest BCUT2D eigenvalue weighted by Gasteiger charge is 2.69. The zero-order valence-corrected chi connectivity index (χ0v) is 14.2. The van der Waals surface area contributed by atoms with Crippen LogP contribution < -0.4 is 0 Å². The van der Waals surface area contributed by atoms with Gasteiger partial charge in [0.05, 0.1) is 16.9 Å². The summed E-state index contributed by atoms with van der Waals surface area (Å²) < 4.78 is 22.3. The smallest absolute Gasteiger partial charge is 0.231 e. The molecule has 1 amide bonds. The molecule has 1 aliphatic carbocycles. The second kappa shape index (κ2) is 5.33. The van der Waals surface area contributed by atoms with Crippen LogP contribution in [0, 0.1) is 5.41 Å². The molecule has 116 valence electrons. The Kier molecular flexibility index (Phi) is 4.36. The first-order chi connectivity index (χ1) is 9.13. The molecule has 1 heterocycles. The van der Waals surface area contributed by atoms with Crippen LogP contribution in [-0.2, 0) is 14.6 Å². The maximum Gasteiger partial charge on any atom is 0.231 e. The minimum atomic E-state index is -3.01. The fraction of sp³-hybridized carbons (Fsp3) is 0.923. The van der Waals surface area contributed by atoms with Gasteiger partial charge in [-0.2, -0.15) is 0 Å². The van der Waals surface area contributed by atoms with Crippen molar-refractivity contribution in [2.75, 3.05) is 18.1 Å². The molecule has 4 nitrogen and oxygen atoms in total. The quantitative estimate of drug-likeness (QED) is 0.721. The molecule has 1 saturated carbocycles. The molecule has 2 aliphatic rings. The summed E-state index contributed by atoms with van der Waals surface area (Å²) in [7, 11) is -3.01. The standard InChI is InChI=1S/C13H21Cl2NO3S/c1-3-4-6-16(10-5-7-20(18,19)8-10)11(17)12(2)9-13(12,14)15/h10H,3-9H2,1-2H3. The summed E-state index contributed by atoms with van der Waals surface area (Å²) in [5.74, 6) is 0.130. The summed E-state index contributed by atoms with van der Waals surface area (Å²) >= 11 is 12.2. The monoisotopic (exact) mass is 341 g/mol. The first-order valence-electron chi connectivity index (χ1n) is 7.02. The Bertz CT molecular complexity index is 506. The van der Waals surface area contributed by atoms with Crippen LogP contribution in [0.5, 0.6) is 0 Å². The van der Waals surface area contributed by atoms with Crippen LogP contribution in [0.1, 0.15) is 39.5 Å². The summed E-state index contributed by atoms with van der Waals surface area (Å²) in [6, 6.07) is -0.222. The summed E-state index contributed by atoms with van der Waals surface area (Å²) in [5.41, 5.74) is -0.768. The topological polar surface area (TPSA) is 54.5 Å². The van der Waals surface area contributed by atoms with Crippen molar-refractivity contribution in [2.45, 2.75) is 49.9 Å². The van der Waals surface area contributed by atoms with Crippen molar-refractivity contribution in [1.82, 2.24) is 4.90 Å². The van der Waals surface area contributed by atoms with E-state index in [1.807, 2.05) is 6.92 Å². The van der Waals surface area contributed by atoms with Gasteiger partial charge < -0.3 is 4.90 Å². The van der Waals surface area contributed by atoms with Gasteiger partial charge in [-0.05, 0) is 26.2 Å². The first kappa shape index (κ1) is 16.4. The van der Waals surface area contributed by atoms with Crippen LogP contribution in [0.25, 0.3) is 0 Å². The average molecular weight is 342 g/mol. The molecule has 1 saturated heterocycles. The highest BCUT2D eigenvalue weighted by molar-refractivity contribution is 7.91. The molecule has 1 aliphatic heterocycles. The zero-order valence-electron chi connectivity index (χ0n) is 11.9. The highest BCUT2D eigenvalue weighted by Crippen LogP contribution is 2.64. The van der Waals surface area contributed by atoms with E-state index in [-0.39, 0.29) is 23.5 Å². The molecular weight excluding hydrogens is 321 g/mol. The second-order valence-electron chi connectivity index (χ2n) is 6.12. The summed E-state index contributed by atoms with van der Waals surface area (Å²) in [6.07, 6.45) is 2.76. The van der Waals surface area contributed by atoms with Gasteiger partial charge in [0.15, 0.2) is 9.84 Å². The number of hydrogen-bond donors (Lipinski definition) is 0. The number of sulfone groups is 1. The largest absolute Gasteiger partial charge is 0.338 e. The van der Waals surface area contributed by atoms with E-state index < -0.39 is 19.6 Å². The van der Waals surface area contributed by atoms with Crippen LogP contribution in [0.3, 0.4) is 0 Å². The van der Waals surface area contributed by atoms with Gasteiger partial charge in [0.2, 0.25) is 5.91 Å². The fourth-order valence-corrected chi connectivity index (χ4v) is 5.18. The predicted molar refractivity (Wildman–Crippen MR) is 80.8 cm³/mol. The molecule has 0 N–H and O–H groups in total. The number of alkyl halides is 2. The van der Waals surface area contributed by atoms with Crippen LogP contribution >= 0.6 is 23.2 Å². The van der Waals surface area contributed by atoms with E-state index in [4.69, 9.17) is 23.2 Å². The summed E-state index contributed by atoms with van der Waals surface area (Å²) in [5, 5.41) is 0. The zero-order chi connectivity index (χ0) is 15.2. The molecule has 0 aromatic rings. The number of carbonyl (C=O) groups excluding carboxylic acids is 1. The lowest BCUT2D eigenvalue weighted by atomic mass is 10.1. The van der Waals surface area contributed by atoms with E-state index in [1.165, 1.54) is 0 Å². The normalized spacial score (nSPS) is 33.9. The lowest BCUT2D eigenvalue weighted by molar-refractivity contribution is -0.138. The van der Waals surface area contributed by atoms with E-state index in [0.717, 1.165) is 12.8 Å². The predicted octanol–water partition coefficient (Wildman–Crippen LogP) is 2.39. The van der Waals surface area contributed by atoms with Gasteiger partial charge in [0.25, 0.3) is 0 Å². The van der Waals surface area contributed by atoms with Crippen molar-refractivity contribution in [2.24, 2.45) is 5.41 Å². The third-order valence-corrected chi connectivity index (χ3v) is 7.24. The SMILES string of the molecule is CCCCN(C(=O)C1(C)CC1(Cl)Cl)C1CCS(=O)(=O)C1. The lowest BCUT2D eigenvalue weighted by Gasteiger charge is -2.31. The number of carbonyl (C=O) groups is 1. The summed E-state index contributed by atoms with van der Waals surface area (Å²) in [4.78, 5) is 14.4. The fourth-order valence-electron chi connectivity index (χ4n) is 2.75. The number of halogens is 2. The van der Waals surface area contributed by atoms with Crippen molar-refractivity contribution in [3.05, 3.63) is 0 Å². The van der Waals surface area contributed by atoms with Crippen molar-refractivity contribution < 1.29 is 13.2 Å². The maximum atomic E-state index is 12.7. The minimum absolute atomic E-state index is 0.0656. The molecule has 2 atom stereocenters. The number of unbranched alkanes of at least 4 members (excludes halogenated alkanes) is 1. The third kappa shape index (κ3) is 2.95. The van der Waals surface area contributed by atoms with Crippen molar-refractivity contribution in [3.8, 4) is 0 Å². The van der Waals surface area contributed by atoms with E-state index in [9.17, 15) is 13.2 Å². The molecule has 0 aromatic carbocycles. The van der Waals surface area contributed by atoms with Gasteiger partial charge in [-0.1, -0.05) is 13.3 Å². The Morgan fingerprint density at radius 3 is 2.40 bits per heavy atom. The molecular formula is C13H21Cl2NO3S. The number of nitrogens with zero attached hydrogens (tertiary/aromatic N) is 1. The molecule has 0 aromatic heterocycles. The average Bonchev–Trinajstić information content (AvgIpc) is 2.66. The van der Waals surface area contributed by atoms with Crippen LogP contribution in [0.2, 0.25) is 0 Å². The Balaban J connectivity index is 2.14. The summed E-state index contributed by atoms with van der Waals surface area (Å²) in [6.45, 7) is 4.38. The van der Waals surface area contributed by atoms with Gasteiger partial charge in [-0.25, -0.2) is 8.42 Å². The van der Waals surface area contributed by atoms with E-state index in [0.29, 0.717) is 19.4 Å². The number of hydrogen-bond acceptors (Lipinski definition) is 3. The lowest BCUT2D eigenvalue weighted by Crippen LogP contribution is -2.46. The van der Waals surface area contributed by atoms with Gasteiger partial charge in [0, 0.05) is 12.6 Å². The third-order valence-electron chi connectivity index (χ3n) is 4.39. The van der Waals surface area contributed by atoms with Crippen LogP contribution in [0.15, 0.2) is 0 Å². The van der Waals surface area contributed by atoms with Crippen molar-refractivity contribution in [1.29, 1.82) is 0 Å². The molecule has 0 spiro atoms. The van der Waals surface area contributed by atoms with Crippen molar-refractivity contribution in [3.63, 3.8) is 0 Å². The molecule has 2 rings (SSSR count). The Morgan fingerprint density at radius 2 is 2.00 bits per heavy atom. The first-order valence-corrected chi connectivity index (χ1v) is 9.60. The van der Waals surface area contributed by atoms with E-state index >= 15 is 0 Å². The number of rotatable bonds is 5. The van der Waals surface area contributed by atoms with Gasteiger partial charge in [-0.3, -0.25) is 4.79 Å². The minimum Gasteiger partial charge on any atom is -0.338 e. The van der Waals surface area contributed by atoms with Crippen LogP contribution in [0.4, 0.5) is 0 Å². The van der Waals surface area contributed by atoms with E-state index in [1.54, 1.807) is 11.8 Å². The van der Waals surface area contributed by atoms with Crippen LogP contribution in [-0.4, -0.2) is 47.7 Å². The molecule has 7 heteroatoms. The second-order valence-corrected chi connectivity index (χ2v) is 9.83. The van der Waals surface area contributed by atoms with Crippen molar-refractivity contribution >= 4 is 38.9 Å². The van der Waals surface area contributed by atoms with Gasteiger partial charge in [0.1, 0.15) is 4.33 Å². The Hall–Kier alpha value is -0.000000000000000111. The Labute approximate surface area is 130 Å². The van der Waals surface area contributed by atoms with Gasteiger partial charge >= 0.3 is 0 Å². The molecule has 0 bridgehead atoms. The Morgan fingerprint density at radius 1 is 1.40 bits per heavy atom.